The van der Waals surface area contributed by atoms with Gasteiger partial charge in [-0.3, -0.25) is 9.10 Å². The number of para-hydroxylation sites is 2. The molecule has 7 heteroatoms. The Hall–Kier alpha value is -2.54. The zero-order valence-electron chi connectivity index (χ0n) is 16.8. The monoisotopic (exact) mass is 404 g/mol. The van der Waals surface area contributed by atoms with Crippen molar-refractivity contribution in [2.75, 3.05) is 17.2 Å². The van der Waals surface area contributed by atoms with Crippen LogP contribution in [0, 0.1) is 6.92 Å². The number of anilines is 1. The van der Waals surface area contributed by atoms with Crippen LogP contribution in [0.4, 0.5) is 5.69 Å². The smallest absolute Gasteiger partial charge is 0.244 e. The van der Waals surface area contributed by atoms with Crippen molar-refractivity contribution < 1.29 is 17.9 Å². The Kier molecular flexibility index (Phi) is 7.45. The molecular weight excluding hydrogens is 376 g/mol. The average Bonchev–Trinajstić information content (AvgIpc) is 2.64. The van der Waals surface area contributed by atoms with E-state index in [4.69, 9.17) is 4.74 Å². The van der Waals surface area contributed by atoms with Crippen molar-refractivity contribution in [1.82, 2.24) is 5.32 Å². The number of hydrogen-bond acceptors (Lipinski definition) is 4. The molecule has 2 rings (SSSR count). The van der Waals surface area contributed by atoms with Crippen LogP contribution in [-0.4, -0.2) is 39.3 Å². The molecule has 0 aliphatic carbocycles. The molecule has 0 saturated carbocycles. The number of benzene rings is 2. The number of nitrogens with one attached hydrogen (secondary N) is 1. The molecule has 0 aromatic heterocycles. The summed E-state index contributed by atoms with van der Waals surface area (Å²) in [4.78, 5) is 12.9. The third-order valence-electron chi connectivity index (χ3n) is 4.31. The maximum Gasteiger partial charge on any atom is 0.244 e. The maximum absolute atomic E-state index is 12.9. The number of carbonyl (C=O) groups excluding carboxylic acids is 1. The first-order chi connectivity index (χ1) is 13.2. The summed E-state index contributed by atoms with van der Waals surface area (Å²) in [5.41, 5.74) is 1.48. The van der Waals surface area contributed by atoms with E-state index in [0.717, 1.165) is 17.6 Å². The lowest BCUT2D eigenvalue weighted by atomic mass is 10.1. The van der Waals surface area contributed by atoms with Crippen molar-refractivity contribution in [2.45, 2.75) is 39.3 Å². The zero-order chi connectivity index (χ0) is 20.7. The van der Waals surface area contributed by atoms with Gasteiger partial charge in [0.1, 0.15) is 18.4 Å². The summed E-state index contributed by atoms with van der Waals surface area (Å²) in [5, 5.41) is 2.87. The predicted octanol–water partition coefficient (Wildman–Crippen LogP) is 3.12. The minimum atomic E-state index is -3.63. The van der Waals surface area contributed by atoms with Crippen molar-refractivity contribution in [1.29, 1.82) is 0 Å². The van der Waals surface area contributed by atoms with Crippen molar-refractivity contribution >= 4 is 21.6 Å². The van der Waals surface area contributed by atoms with Crippen LogP contribution in [0.2, 0.25) is 0 Å². The number of hydrogen-bond donors (Lipinski definition) is 1. The summed E-state index contributed by atoms with van der Waals surface area (Å²) in [6.45, 7) is 5.86. The molecule has 0 heterocycles. The largest absolute Gasteiger partial charge is 0.491 e. The fourth-order valence-corrected chi connectivity index (χ4v) is 4.16. The number of aryl methyl sites for hydroxylation is 1. The molecule has 1 amide bonds. The average molecular weight is 405 g/mol. The van der Waals surface area contributed by atoms with Crippen LogP contribution in [0.15, 0.2) is 54.6 Å². The van der Waals surface area contributed by atoms with E-state index in [9.17, 15) is 13.2 Å². The number of rotatable bonds is 9. The number of ether oxygens (including phenoxy) is 1. The Morgan fingerprint density at radius 1 is 1.11 bits per heavy atom. The Morgan fingerprint density at radius 3 is 2.29 bits per heavy atom. The Bertz CT molecular complexity index is 884. The lowest BCUT2D eigenvalue weighted by molar-refractivity contribution is -0.123. The number of carbonyl (C=O) groups is 1. The van der Waals surface area contributed by atoms with Gasteiger partial charge in [0, 0.05) is 0 Å². The molecule has 2 aromatic rings. The molecule has 28 heavy (non-hydrogen) atoms. The molecule has 152 valence electrons. The Labute approximate surface area is 167 Å². The summed E-state index contributed by atoms with van der Waals surface area (Å²) >= 11 is 0. The van der Waals surface area contributed by atoms with E-state index in [1.54, 1.807) is 37.3 Å². The zero-order valence-corrected chi connectivity index (χ0v) is 17.6. The third kappa shape index (κ3) is 5.73. The fourth-order valence-electron chi connectivity index (χ4n) is 2.95. The van der Waals surface area contributed by atoms with E-state index in [1.807, 2.05) is 38.1 Å². The molecule has 0 spiro atoms. The molecule has 0 aliphatic heterocycles. The third-order valence-corrected chi connectivity index (χ3v) is 5.49. The summed E-state index contributed by atoms with van der Waals surface area (Å²) in [5.74, 6) is 0.412. The van der Waals surface area contributed by atoms with Gasteiger partial charge >= 0.3 is 0 Å². The topological polar surface area (TPSA) is 75.7 Å². The first-order valence-corrected chi connectivity index (χ1v) is 11.1. The van der Waals surface area contributed by atoms with Gasteiger partial charge in [0.05, 0.1) is 18.0 Å². The second kappa shape index (κ2) is 9.59. The SMILES string of the molecule is CC[C@@H](C(=O)N[C@@H](C)COc1ccccc1C)N(c1ccccc1)S(C)(=O)=O. The van der Waals surface area contributed by atoms with E-state index in [2.05, 4.69) is 5.32 Å². The van der Waals surface area contributed by atoms with Gasteiger partial charge in [-0.05, 0) is 44.0 Å². The number of amides is 1. The highest BCUT2D eigenvalue weighted by molar-refractivity contribution is 7.92. The van der Waals surface area contributed by atoms with E-state index in [0.29, 0.717) is 12.1 Å². The van der Waals surface area contributed by atoms with E-state index in [1.165, 1.54) is 4.31 Å². The lowest BCUT2D eigenvalue weighted by Crippen LogP contribution is -2.52. The van der Waals surface area contributed by atoms with Crippen LogP contribution >= 0.6 is 0 Å². The standard InChI is InChI=1S/C21H28N2O4S/c1-5-19(23(28(4,25)26)18-12-7-6-8-13-18)21(24)22-17(3)15-27-20-14-10-9-11-16(20)2/h6-14,17,19H,5,15H2,1-4H3,(H,22,24)/t17-,19-/m0/s1. The molecule has 0 unspecified atom stereocenters. The Balaban J connectivity index is 2.09. The van der Waals surface area contributed by atoms with Crippen molar-refractivity contribution in [3.8, 4) is 5.75 Å². The summed E-state index contributed by atoms with van der Waals surface area (Å²) in [6, 6.07) is 15.2. The molecule has 1 N–H and O–H groups in total. The van der Waals surface area contributed by atoms with Crippen molar-refractivity contribution in [3.05, 3.63) is 60.2 Å². The maximum atomic E-state index is 12.9. The summed E-state index contributed by atoms with van der Waals surface area (Å²) in [6.07, 6.45) is 1.46. The van der Waals surface area contributed by atoms with Gasteiger partial charge in [-0.15, -0.1) is 0 Å². The second-order valence-electron chi connectivity index (χ2n) is 6.80. The van der Waals surface area contributed by atoms with E-state index in [-0.39, 0.29) is 18.6 Å². The second-order valence-corrected chi connectivity index (χ2v) is 8.66. The van der Waals surface area contributed by atoms with Gasteiger partial charge in [-0.25, -0.2) is 8.42 Å². The van der Waals surface area contributed by atoms with Crippen LogP contribution in [-0.2, 0) is 14.8 Å². The molecular formula is C21H28N2O4S. The summed E-state index contributed by atoms with van der Waals surface area (Å²) in [7, 11) is -3.63. The van der Waals surface area contributed by atoms with Gasteiger partial charge < -0.3 is 10.1 Å². The minimum Gasteiger partial charge on any atom is -0.491 e. The van der Waals surface area contributed by atoms with E-state index >= 15 is 0 Å². The Morgan fingerprint density at radius 2 is 1.71 bits per heavy atom. The van der Waals surface area contributed by atoms with Gasteiger partial charge in [0.25, 0.3) is 0 Å². The number of sulfonamides is 1. The van der Waals surface area contributed by atoms with Gasteiger partial charge in [-0.2, -0.15) is 0 Å². The highest BCUT2D eigenvalue weighted by atomic mass is 32.2. The van der Waals surface area contributed by atoms with Crippen LogP contribution < -0.4 is 14.4 Å². The molecule has 0 aliphatic rings. The molecule has 6 nitrogen and oxygen atoms in total. The lowest BCUT2D eigenvalue weighted by Gasteiger charge is -2.31. The molecule has 0 radical (unpaired) electrons. The van der Waals surface area contributed by atoms with Gasteiger partial charge in [0.2, 0.25) is 15.9 Å². The van der Waals surface area contributed by atoms with Gasteiger partial charge in [0.15, 0.2) is 0 Å². The van der Waals surface area contributed by atoms with Crippen LogP contribution in [0.1, 0.15) is 25.8 Å². The molecule has 0 fully saturated rings. The summed E-state index contributed by atoms with van der Waals surface area (Å²) < 4.78 is 31.7. The fraction of sp³-hybridized carbons (Fsp3) is 0.381. The molecule has 0 bridgehead atoms. The quantitative estimate of drug-likeness (QED) is 0.697. The van der Waals surface area contributed by atoms with Crippen LogP contribution in [0.3, 0.4) is 0 Å². The predicted molar refractivity (Wildman–Crippen MR) is 112 cm³/mol. The van der Waals surface area contributed by atoms with Gasteiger partial charge in [-0.1, -0.05) is 43.3 Å². The molecule has 2 aromatic carbocycles. The molecule has 0 saturated heterocycles. The number of nitrogens with zero attached hydrogens (tertiary/aromatic N) is 1. The van der Waals surface area contributed by atoms with E-state index < -0.39 is 16.1 Å². The van der Waals surface area contributed by atoms with Crippen molar-refractivity contribution in [3.63, 3.8) is 0 Å². The highest BCUT2D eigenvalue weighted by Crippen LogP contribution is 2.22. The van der Waals surface area contributed by atoms with Crippen LogP contribution in [0.25, 0.3) is 0 Å². The van der Waals surface area contributed by atoms with Crippen LogP contribution in [0.5, 0.6) is 5.75 Å². The first kappa shape index (κ1) is 21.8. The highest BCUT2D eigenvalue weighted by Gasteiger charge is 2.31. The molecule has 2 atom stereocenters. The normalized spacial score (nSPS) is 13.4. The first-order valence-electron chi connectivity index (χ1n) is 9.27. The minimum absolute atomic E-state index is 0.279. The van der Waals surface area contributed by atoms with Crippen molar-refractivity contribution in [2.24, 2.45) is 0 Å².